The average molecular weight is 267 g/mol. The van der Waals surface area contributed by atoms with E-state index in [0.29, 0.717) is 5.46 Å². The van der Waals surface area contributed by atoms with Gasteiger partial charge in [0.25, 0.3) is 0 Å². The van der Waals surface area contributed by atoms with Gasteiger partial charge in [0.05, 0.1) is 5.69 Å². The summed E-state index contributed by atoms with van der Waals surface area (Å²) < 4.78 is 2.45. The highest BCUT2D eigenvalue weighted by Crippen LogP contribution is 2.18. The minimum Gasteiger partial charge on any atom is -0.423 e. The van der Waals surface area contributed by atoms with E-state index in [1.807, 2.05) is 12.3 Å². The van der Waals surface area contributed by atoms with Crippen LogP contribution in [0.25, 0.3) is 5.69 Å². The van der Waals surface area contributed by atoms with Crippen molar-refractivity contribution in [3.8, 4) is 5.69 Å². The molecule has 76 valence electrons. The van der Waals surface area contributed by atoms with Crippen LogP contribution in [0.1, 0.15) is 0 Å². The van der Waals surface area contributed by atoms with Crippen LogP contribution in [0.2, 0.25) is 0 Å². The largest absolute Gasteiger partial charge is 0.488 e. The third kappa shape index (κ3) is 2.12. The monoisotopic (exact) mass is 266 g/mol. The first-order valence-corrected chi connectivity index (χ1v) is 5.13. The molecule has 1 aromatic carbocycles. The van der Waals surface area contributed by atoms with Crippen LogP contribution in [0.4, 0.5) is 0 Å². The summed E-state index contributed by atoms with van der Waals surface area (Å²) in [6, 6.07) is 6.89. The predicted octanol–water partition coefficient (Wildman–Crippen LogP) is 0.315. The predicted molar refractivity (Wildman–Crippen MR) is 61.1 cm³/mol. The number of halogens is 1. The Morgan fingerprint density at radius 2 is 2.13 bits per heavy atom. The number of benzene rings is 1. The fourth-order valence-electron chi connectivity index (χ4n) is 1.28. The minimum atomic E-state index is -1.45. The zero-order valence-corrected chi connectivity index (χ0v) is 9.29. The van der Waals surface area contributed by atoms with Crippen LogP contribution in [0.15, 0.2) is 41.1 Å². The van der Waals surface area contributed by atoms with Crippen molar-refractivity contribution >= 4 is 28.5 Å². The van der Waals surface area contributed by atoms with E-state index < -0.39 is 7.12 Å². The van der Waals surface area contributed by atoms with Crippen molar-refractivity contribution < 1.29 is 10.0 Å². The second kappa shape index (κ2) is 4.18. The highest BCUT2D eigenvalue weighted by Gasteiger charge is 2.12. The molecule has 0 bridgehead atoms. The summed E-state index contributed by atoms with van der Waals surface area (Å²) in [5, 5.41) is 22.0. The van der Waals surface area contributed by atoms with Gasteiger partial charge >= 0.3 is 7.12 Å². The van der Waals surface area contributed by atoms with Crippen molar-refractivity contribution in [1.82, 2.24) is 9.78 Å². The summed E-state index contributed by atoms with van der Waals surface area (Å²) in [6.07, 6.45) is 3.50. The Hall–Kier alpha value is -1.11. The molecule has 2 rings (SSSR count). The zero-order chi connectivity index (χ0) is 10.8. The van der Waals surface area contributed by atoms with E-state index in [4.69, 9.17) is 10.0 Å². The van der Waals surface area contributed by atoms with E-state index in [0.717, 1.165) is 10.2 Å². The van der Waals surface area contributed by atoms with Crippen LogP contribution in [0.5, 0.6) is 0 Å². The van der Waals surface area contributed by atoms with Crippen molar-refractivity contribution in [1.29, 1.82) is 0 Å². The molecule has 6 heteroatoms. The lowest BCUT2D eigenvalue weighted by atomic mass is 9.80. The van der Waals surface area contributed by atoms with Crippen molar-refractivity contribution in [3.05, 3.63) is 41.1 Å². The zero-order valence-electron chi connectivity index (χ0n) is 7.71. The Kier molecular flexibility index (Phi) is 2.90. The van der Waals surface area contributed by atoms with E-state index in [-0.39, 0.29) is 0 Å². The Labute approximate surface area is 95.4 Å². The van der Waals surface area contributed by atoms with Gasteiger partial charge in [0.15, 0.2) is 0 Å². The highest BCUT2D eigenvalue weighted by molar-refractivity contribution is 9.10. The summed E-state index contributed by atoms with van der Waals surface area (Å²) in [4.78, 5) is 0. The smallest absolute Gasteiger partial charge is 0.423 e. The Balaban J connectivity index is 2.44. The molecule has 0 saturated heterocycles. The third-order valence-corrected chi connectivity index (χ3v) is 2.66. The molecule has 4 nitrogen and oxygen atoms in total. The Morgan fingerprint density at radius 3 is 2.67 bits per heavy atom. The van der Waals surface area contributed by atoms with Crippen molar-refractivity contribution in [2.24, 2.45) is 0 Å². The maximum atomic E-state index is 8.98. The Morgan fingerprint density at radius 1 is 1.33 bits per heavy atom. The topological polar surface area (TPSA) is 58.3 Å². The molecule has 0 radical (unpaired) electrons. The second-order valence-electron chi connectivity index (χ2n) is 3.04. The average Bonchev–Trinajstić information content (AvgIpc) is 2.70. The molecule has 0 aliphatic rings. The van der Waals surface area contributed by atoms with Crippen LogP contribution in [-0.4, -0.2) is 26.9 Å². The molecule has 0 atom stereocenters. The van der Waals surface area contributed by atoms with Gasteiger partial charge in [-0.25, -0.2) is 4.68 Å². The molecule has 1 aromatic heterocycles. The number of rotatable bonds is 2. The lowest BCUT2D eigenvalue weighted by molar-refractivity contribution is 0.426. The van der Waals surface area contributed by atoms with E-state index in [2.05, 4.69) is 21.0 Å². The van der Waals surface area contributed by atoms with Gasteiger partial charge in [0, 0.05) is 16.9 Å². The van der Waals surface area contributed by atoms with Gasteiger partial charge in [0.1, 0.15) is 0 Å². The molecule has 1 heterocycles. The number of aromatic nitrogens is 2. The van der Waals surface area contributed by atoms with Gasteiger partial charge in [-0.3, -0.25) is 0 Å². The van der Waals surface area contributed by atoms with Crippen molar-refractivity contribution in [3.63, 3.8) is 0 Å². The molecular weight excluding hydrogens is 259 g/mol. The lowest BCUT2D eigenvalue weighted by Crippen LogP contribution is -2.29. The second-order valence-corrected chi connectivity index (χ2v) is 3.89. The maximum absolute atomic E-state index is 8.98. The van der Waals surface area contributed by atoms with Crippen LogP contribution < -0.4 is 5.46 Å². The third-order valence-electron chi connectivity index (χ3n) is 2.02. The van der Waals surface area contributed by atoms with Crippen LogP contribution >= 0.6 is 15.9 Å². The van der Waals surface area contributed by atoms with Gasteiger partial charge in [0.2, 0.25) is 0 Å². The minimum absolute atomic E-state index is 0.442. The van der Waals surface area contributed by atoms with Gasteiger partial charge in [-0.1, -0.05) is 6.07 Å². The Bertz CT molecular complexity index is 459. The first-order valence-electron chi connectivity index (χ1n) is 4.34. The lowest BCUT2D eigenvalue weighted by Gasteiger charge is -2.06. The first-order chi connectivity index (χ1) is 7.18. The molecule has 15 heavy (non-hydrogen) atoms. The molecule has 0 spiro atoms. The van der Waals surface area contributed by atoms with Gasteiger partial charge in [-0.15, -0.1) is 0 Å². The van der Waals surface area contributed by atoms with Crippen molar-refractivity contribution in [2.75, 3.05) is 0 Å². The fourth-order valence-corrected chi connectivity index (χ4v) is 1.86. The van der Waals surface area contributed by atoms with Crippen LogP contribution in [-0.2, 0) is 0 Å². The molecule has 0 saturated carbocycles. The standard InChI is InChI=1S/C9H8BBrN2O2/c11-8-6-7(10(14)15)2-3-9(8)13-5-1-4-12-13/h1-6,14-15H. The SMILES string of the molecule is OB(O)c1ccc(-n2cccn2)c(Br)c1. The molecule has 2 N–H and O–H groups in total. The number of hydrogen-bond acceptors (Lipinski definition) is 3. The molecule has 0 amide bonds. The fraction of sp³-hybridized carbons (Fsp3) is 0. The summed E-state index contributed by atoms with van der Waals surface area (Å²) in [5.74, 6) is 0. The maximum Gasteiger partial charge on any atom is 0.488 e. The molecule has 2 aromatic rings. The van der Waals surface area contributed by atoms with Crippen LogP contribution in [0, 0.1) is 0 Å². The quantitative estimate of drug-likeness (QED) is 0.770. The van der Waals surface area contributed by atoms with Gasteiger partial charge in [-0.05, 0) is 39.6 Å². The van der Waals surface area contributed by atoms with Crippen LogP contribution in [0.3, 0.4) is 0 Å². The molecule has 0 fully saturated rings. The van der Waals surface area contributed by atoms with E-state index in [9.17, 15) is 0 Å². The molecule has 0 aliphatic carbocycles. The van der Waals surface area contributed by atoms with E-state index in [1.165, 1.54) is 0 Å². The first kappa shape index (κ1) is 10.4. The van der Waals surface area contributed by atoms with E-state index >= 15 is 0 Å². The van der Waals surface area contributed by atoms with E-state index in [1.54, 1.807) is 29.1 Å². The molecule has 0 aliphatic heterocycles. The normalized spacial score (nSPS) is 10.3. The van der Waals surface area contributed by atoms with Gasteiger partial charge < -0.3 is 10.0 Å². The van der Waals surface area contributed by atoms with Gasteiger partial charge in [-0.2, -0.15) is 5.10 Å². The van der Waals surface area contributed by atoms with Crippen molar-refractivity contribution in [2.45, 2.75) is 0 Å². The molecular formula is C9H8BBrN2O2. The summed E-state index contributed by atoms with van der Waals surface area (Å²) >= 11 is 3.35. The highest BCUT2D eigenvalue weighted by atomic mass is 79.9. The molecule has 0 unspecified atom stereocenters. The number of hydrogen-bond donors (Lipinski definition) is 2. The number of nitrogens with zero attached hydrogens (tertiary/aromatic N) is 2. The summed E-state index contributed by atoms with van der Waals surface area (Å²) in [6.45, 7) is 0. The summed E-state index contributed by atoms with van der Waals surface area (Å²) in [5.41, 5.74) is 1.29. The summed E-state index contributed by atoms with van der Waals surface area (Å²) in [7, 11) is -1.45.